The van der Waals surface area contributed by atoms with E-state index in [0.717, 1.165) is 5.56 Å². The molecule has 2 heterocycles. The Morgan fingerprint density at radius 1 is 1.35 bits per heavy atom. The fraction of sp³-hybridized carbons (Fsp3) is 0.375. The van der Waals surface area contributed by atoms with Crippen LogP contribution in [0.2, 0.25) is 0 Å². The third-order valence-electron chi connectivity index (χ3n) is 4.41. The van der Waals surface area contributed by atoms with Crippen molar-refractivity contribution in [2.45, 2.75) is 38.8 Å². The van der Waals surface area contributed by atoms with Gasteiger partial charge in [0.15, 0.2) is 0 Å². The predicted molar refractivity (Wildman–Crippen MR) is 84.7 cm³/mol. The van der Waals surface area contributed by atoms with Gasteiger partial charge in [0.05, 0.1) is 10.9 Å². The lowest BCUT2D eigenvalue weighted by Crippen LogP contribution is -2.56. The number of carbonyl (C=O) groups excluding carboxylic acids is 2. The monoisotopic (exact) mass is 314 g/mol. The van der Waals surface area contributed by atoms with Crippen LogP contribution in [-0.2, 0) is 21.7 Å². The molecule has 0 saturated carbocycles. The summed E-state index contributed by atoms with van der Waals surface area (Å²) < 4.78 is 1.39. The van der Waals surface area contributed by atoms with Crippen LogP contribution in [0.25, 0.3) is 10.9 Å². The number of nitrogens with two attached hydrogens (primary N) is 1. The van der Waals surface area contributed by atoms with Crippen molar-refractivity contribution < 1.29 is 9.59 Å². The fourth-order valence-electron chi connectivity index (χ4n) is 3.06. The van der Waals surface area contributed by atoms with Crippen molar-refractivity contribution >= 4 is 22.7 Å². The molecule has 0 bridgehead atoms. The van der Waals surface area contributed by atoms with E-state index in [1.54, 1.807) is 26.0 Å². The highest BCUT2D eigenvalue weighted by atomic mass is 16.2. The van der Waals surface area contributed by atoms with Crippen molar-refractivity contribution in [3.05, 3.63) is 39.9 Å². The van der Waals surface area contributed by atoms with Crippen LogP contribution in [0.4, 0.5) is 0 Å². The van der Waals surface area contributed by atoms with E-state index in [4.69, 9.17) is 5.73 Å². The highest BCUT2D eigenvalue weighted by molar-refractivity contribution is 6.01. The molecule has 0 spiro atoms. The minimum Gasteiger partial charge on any atom is -0.326 e. The number of benzene rings is 1. The SMILES string of the molecule is Cc1nc2ccc(CN)cc2c(=O)n1[C@@]1(C)CCC(=O)NC1=O. The molecule has 0 aliphatic carbocycles. The maximum Gasteiger partial charge on any atom is 0.262 e. The van der Waals surface area contributed by atoms with Crippen LogP contribution in [-0.4, -0.2) is 21.4 Å². The van der Waals surface area contributed by atoms with Gasteiger partial charge in [-0.3, -0.25) is 24.3 Å². The molecule has 120 valence electrons. The number of imide groups is 1. The van der Waals surface area contributed by atoms with E-state index in [2.05, 4.69) is 10.3 Å². The molecule has 1 fully saturated rings. The van der Waals surface area contributed by atoms with Crippen molar-refractivity contribution in [2.75, 3.05) is 0 Å². The van der Waals surface area contributed by atoms with Gasteiger partial charge in [0.2, 0.25) is 5.91 Å². The summed E-state index contributed by atoms with van der Waals surface area (Å²) in [4.78, 5) is 41.2. The summed E-state index contributed by atoms with van der Waals surface area (Å²) >= 11 is 0. The number of amides is 2. The van der Waals surface area contributed by atoms with Crippen molar-refractivity contribution in [2.24, 2.45) is 5.73 Å². The normalized spacial score (nSPS) is 21.5. The van der Waals surface area contributed by atoms with E-state index in [-0.39, 0.29) is 24.3 Å². The summed E-state index contributed by atoms with van der Waals surface area (Å²) in [6.07, 6.45) is 0.456. The summed E-state index contributed by atoms with van der Waals surface area (Å²) in [5, 5.41) is 2.73. The summed E-state index contributed by atoms with van der Waals surface area (Å²) in [5.41, 5.74) is 5.59. The molecule has 0 radical (unpaired) electrons. The number of aryl methyl sites for hydroxylation is 1. The highest BCUT2D eigenvalue weighted by Gasteiger charge is 2.42. The van der Waals surface area contributed by atoms with Crippen LogP contribution in [0.1, 0.15) is 31.2 Å². The number of hydrogen-bond donors (Lipinski definition) is 2. The number of fused-ring (bicyclic) bond motifs is 1. The smallest absolute Gasteiger partial charge is 0.262 e. The lowest BCUT2D eigenvalue weighted by molar-refractivity contribution is -0.140. The Bertz CT molecular complexity index is 887. The Morgan fingerprint density at radius 2 is 2.09 bits per heavy atom. The molecule has 1 aromatic heterocycles. The Kier molecular flexibility index (Phi) is 3.52. The van der Waals surface area contributed by atoms with Crippen LogP contribution in [0.15, 0.2) is 23.0 Å². The maximum absolute atomic E-state index is 13.0. The van der Waals surface area contributed by atoms with E-state index < -0.39 is 11.4 Å². The molecule has 0 unspecified atom stereocenters. The second-order valence-corrected chi connectivity index (χ2v) is 6.01. The number of piperidine rings is 1. The van der Waals surface area contributed by atoms with Gasteiger partial charge in [0.25, 0.3) is 11.5 Å². The molecule has 1 atom stereocenters. The van der Waals surface area contributed by atoms with Gasteiger partial charge in [-0.1, -0.05) is 6.07 Å². The Balaban J connectivity index is 2.27. The zero-order chi connectivity index (χ0) is 16.8. The largest absolute Gasteiger partial charge is 0.326 e. The first kappa shape index (κ1) is 15.4. The Hall–Kier alpha value is -2.54. The van der Waals surface area contributed by atoms with Gasteiger partial charge in [-0.05, 0) is 38.0 Å². The maximum atomic E-state index is 13.0. The van der Waals surface area contributed by atoms with Gasteiger partial charge >= 0.3 is 0 Å². The average molecular weight is 314 g/mol. The molecule has 1 aromatic carbocycles. The summed E-state index contributed by atoms with van der Waals surface area (Å²) in [7, 11) is 0. The van der Waals surface area contributed by atoms with Gasteiger partial charge in [-0.25, -0.2) is 4.98 Å². The zero-order valence-corrected chi connectivity index (χ0v) is 13.0. The van der Waals surface area contributed by atoms with Crippen molar-refractivity contribution in [3.63, 3.8) is 0 Å². The lowest BCUT2D eigenvalue weighted by Gasteiger charge is -2.34. The second-order valence-electron chi connectivity index (χ2n) is 6.01. The number of nitrogens with zero attached hydrogens (tertiary/aromatic N) is 2. The fourth-order valence-corrected chi connectivity index (χ4v) is 3.06. The lowest BCUT2D eigenvalue weighted by atomic mass is 9.90. The number of rotatable bonds is 2. The number of nitrogens with one attached hydrogen (secondary N) is 1. The standard InChI is InChI=1S/C16H18N4O3/c1-9-18-12-4-3-10(8-17)7-11(12)14(22)20(9)16(2)6-5-13(21)19-15(16)23/h3-4,7H,5-6,8,17H2,1-2H3,(H,19,21,23)/t16-/m0/s1. The Morgan fingerprint density at radius 3 is 2.74 bits per heavy atom. The van der Waals surface area contributed by atoms with Crippen molar-refractivity contribution in [3.8, 4) is 0 Å². The molecular formula is C16H18N4O3. The first-order chi connectivity index (χ1) is 10.9. The molecule has 2 amide bonds. The van der Waals surface area contributed by atoms with E-state index >= 15 is 0 Å². The second kappa shape index (κ2) is 5.27. The molecule has 7 nitrogen and oxygen atoms in total. The molecule has 1 aliphatic rings. The molecule has 3 N–H and O–H groups in total. The van der Waals surface area contributed by atoms with Gasteiger partial charge in [0.1, 0.15) is 11.4 Å². The molecular weight excluding hydrogens is 296 g/mol. The van der Waals surface area contributed by atoms with Crippen LogP contribution in [0.3, 0.4) is 0 Å². The third-order valence-corrected chi connectivity index (χ3v) is 4.41. The van der Waals surface area contributed by atoms with Crippen LogP contribution in [0, 0.1) is 6.92 Å². The number of hydrogen-bond acceptors (Lipinski definition) is 5. The van der Waals surface area contributed by atoms with Gasteiger partial charge in [-0.2, -0.15) is 0 Å². The van der Waals surface area contributed by atoms with E-state index in [1.165, 1.54) is 4.57 Å². The quantitative estimate of drug-likeness (QED) is 0.776. The Labute approximate surface area is 132 Å². The van der Waals surface area contributed by atoms with Crippen LogP contribution in [0.5, 0.6) is 0 Å². The van der Waals surface area contributed by atoms with Gasteiger partial charge in [-0.15, -0.1) is 0 Å². The van der Waals surface area contributed by atoms with Gasteiger partial charge in [0, 0.05) is 13.0 Å². The number of carbonyl (C=O) groups is 2. The first-order valence-electron chi connectivity index (χ1n) is 7.44. The molecule has 3 rings (SSSR count). The number of aromatic nitrogens is 2. The van der Waals surface area contributed by atoms with Crippen molar-refractivity contribution in [1.82, 2.24) is 14.9 Å². The molecule has 23 heavy (non-hydrogen) atoms. The van der Waals surface area contributed by atoms with E-state index in [0.29, 0.717) is 23.3 Å². The van der Waals surface area contributed by atoms with Crippen LogP contribution < -0.4 is 16.6 Å². The zero-order valence-electron chi connectivity index (χ0n) is 13.0. The molecule has 1 aliphatic heterocycles. The highest BCUT2D eigenvalue weighted by Crippen LogP contribution is 2.26. The van der Waals surface area contributed by atoms with Crippen LogP contribution >= 0.6 is 0 Å². The molecule has 7 heteroatoms. The summed E-state index contributed by atoms with van der Waals surface area (Å²) in [6.45, 7) is 3.66. The van der Waals surface area contributed by atoms with Gasteiger partial charge < -0.3 is 5.73 Å². The molecule has 1 saturated heterocycles. The first-order valence-corrected chi connectivity index (χ1v) is 7.44. The van der Waals surface area contributed by atoms with Crippen molar-refractivity contribution in [1.29, 1.82) is 0 Å². The molecule has 2 aromatic rings. The predicted octanol–water partition coefficient (Wildman–Crippen LogP) is 0.315. The average Bonchev–Trinajstić information content (AvgIpc) is 2.51. The topological polar surface area (TPSA) is 107 Å². The minimum absolute atomic E-state index is 0.189. The van der Waals surface area contributed by atoms with E-state index in [9.17, 15) is 14.4 Å². The van der Waals surface area contributed by atoms with E-state index in [1.807, 2.05) is 6.07 Å². The minimum atomic E-state index is -1.13. The summed E-state index contributed by atoms with van der Waals surface area (Å²) in [6, 6.07) is 5.28. The third kappa shape index (κ3) is 2.33. The summed E-state index contributed by atoms with van der Waals surface area (Å²) in [5.74, 6) is -0.359.